The highest BCUT2D eigenvalue weighted by molar-refractivity contribution is 7.19. The molecule has 1 unspecified atom stereocenters. The van der Waals surface area contributed by atoms with Gasteiger partial charge in [0.05, 0.1) is 23.8 Å². The maximum atomic E-state index is 13.3. The van der Waals surface area contributed by atoms with E-state index in [1.54, 1.807) is 11.3 Å². The van der Waals surface area contributed by atoms with Crippen LogP contribution >= 0.6 is 11.3 Å². The molecule has 1 atom stereocenters. The van der Waals surface area contributed by atoms with E-state index < -0.39 is 11.5 Å². The number of β-amino-alcohol motifs (C(OH)–C–C–N with tert-alkyl or cyclic N) is 1. The smallest absolute Gasteiger partial charge is 0.256 e. The van der Waals surface area contributed by atoms with Gasteiger partial charge in [0.15, 0.2) is 0 Å². The van der Waals surface area contributed by atoms with Gasteiger partial charge in [0.1, 0.15) is 4.83 Å². The Morgan fingerprint density at radius 3 is 2.45 bits per heavy atom. The summed E-state index contributed by atoms with van der Waals surface area (Å²) in [7, 11) is 0. The van der Waals surface area contributed by atoms with Gasteiger partial charge in [0.2, 0.25) is 5.91 Å². The number of thiophene rings is 1. The van der Waals surface area contributed by atoms with Crippen molar-refractivity contribution in [2.45, 2.75) is 71.3 Å². The molecule has 3 N–H and O–H groups in total. The average Bonchev–Trinajstić information content (AvgIpc) is 3.65. The van der Waals surface area contributed by atoms with E-state index in [9.17, 15) is 14.7 Å². The molecule has 3 aliphatic rings. The average molecular weight is 661 g/mol. The monoisotopic (exact) mass is 660 g/mol. The van der Waals surface area contributed by atoms with Crippen LogP contribution in [-0.2, 0) is 21.4 Å². The molecule has 47 heavy (non-hydrogen) atoms. The van der Waals surface area contributed by atoms with E-state index in [2.05, 4.69) is 63.2 Å². The molecule has 2 aromatic heterocycles. The fourth-order valence-corrected chi connectivity index (χ4v) is 8.25. The number of aromatic nitrogens is 1. The summed E-state index contributed by atoms with van der Waals surface area (Å²) in [4.78, 5) is 42.2. The fourth-order valence-electron chi connectivity index (χ4n) is 7.06. The Bertz CT molecular complexity index is 1580. The number of hydrogen-bond donors (Lipinski definition) is 3. The van der Waals surface area contributed by atoms with E-state index in [4.69, 9.17) is 0 Å². The summed E-state index contributed by atoms with van der Waals surface area (Å²) in [5, 5.41) is 14.8. The lowest BCUT2D eigenvalue weighted by molar-refractivity contribution is -0.124. The molecular weight excluding hydrogens is 609 g/mol. The number of nitrogens with one attached hydrogen (secondary N) is 2. The Morgan fingerprint density at radius 1 is 1.04 bits per heavy atom. The summed E-state index contributed by atoms with van der Waals surface area (Å²) in [5.41, 5.74) is 5.52. The molecule has 1 aromatic carbocycles. The van der Waals surface area contributed by atoms with Crippen LogP contribution in [0.4, 0.5) is 0 Å². The second kappa shape index (κ2) is 14.7. The third-order valence-electron chi connectivity index (χ3n) is 10.1. The number of aliphatic hydroxyl groups excluding tert-OH is 1. The number of aryl methyl sites for hydroxylation is 2. The van der Waals surface area contributed by atoms with Crippen molar-refractivity contribution >= 4 is 39.6 Å². The zero-order valence-electron chi connectivity index (χ0n) is 28.6. The van der Waals surface area contributed by atoms with Crippen molar-refractivity contribution in [2.24, 2.45) is 10.9 Å². The first-order valence-electron chi connectivity index (χ1n) is 17.5. The molecule has 2 amide bonds. The van der Waals surface area contributed by atoms with Crippen LogP contribution in [0.2, 0.25) is 0 Å². The van der Waals surface area contributed by atoms with Crippen LogP contribution in [0.15, 0.2) is 29.3 Å². The van der Waals surface area contributed by atoms with Crippen molar-refractivity contribution in [3.05, 3.63) is 45.8 Å². The van der Waals surface area contributed by atoms with Gasteiger partial charge in [0, 0.05) is 75.4 Å². The van der Waals surface area contributed by atoms with Gasteiger partial charge in [-0.1, -0.05) is 30.0 Å². The summed E-state index contributed by atoms with van der Waals surface area (Å²) in [5.74, 6) is 0.806. The summed E-state index contributed by atoms with van der Waals surface area (Å²) < 4.78 is 0. The molecule has 3 aromatic rings. The zero-order valence-corrected chi connectivity index (χ0v) is 29.4. The van der Waals surface area contributed by atoms with Gasteiger partial charge >= 0.3 is 0 Å². The van der Waals surface area contributed by atoms with Crippen LogP contribution in [0.25, 0.3) is 21.5 Å². The Labute approximate surface area is 283 Å². The molecule has 6 rings (SSSR count). The lowest BCUT2D eigenvalue weighted by Gasteiger charge is -2.36. The van der Waals surface area contributed by atoms with E-state index in [-0.39, 0.29) is 11.8 Å². The molecule has 0 bridgehead atoms. The lowest BCUT2D eigenvalue weighted by Crippen LogP contribution is -2.53. The van der Waals surface area contributed by atoms with E-state index in [1.165, 1.54) is 46.2 Å². The largest absolute Gasteiger partial charge is 0.390 e. The molecule has 2 saturated heterocycles. The third-order valence-corrected chi connectivity index (χ3v) is 11.4. The normalized spacial score (nSPS) is 19.6. The number of carbonyl (C=O) groups excluding carboxylic acids is 2. The Kier molecular flexibility index (Phi) is 10.6. The van der Waals surface area contributed by atoms with Crippen LogP contribution in [-0.4, -0.2) is 114 Å². The summed E-state index contributed by atoms with van der Waals surface area (Å²) in [6.45, 7) is 16.0. The van der Waals surface area contributed by atoms with Crippen LogP contribution in [0, 0.1) is 19.8 Å². The maximum Gasteiger partial charge on any atom is 0.256 e. The van der Waals surface area contributed by atoms with Gasteiger partial charge in [-0.15, -0.1) is 11.3 Å². The van der Waals surface area contributed by atoms with Gasteiger partial charge in [-0.25, -0.2) is 4.99 Å². The number of fused-ring (bicyclic) bond motifs is 1. The molecule has 0 radical (unpaired) electrons. The first-order chi connectivity index (χ1) is 22.5. The van der Waals surface area contributed by atoms with Gasteiger partial charge < -0.3 is 20.3 Å². The topological polar surface area (TPSA) is 104 Å². The summed E-state index contributed by atoms with van der Waals surface area (Å²) in [6, 6.07) is 8.97. The van der Waals surface area contributed by atoms with Crippen LogP contribution in [0.5, 0.6) is 0 Å². The van der Waals surface area contributed by atoms with Crippen LogP contribution in [0.3, 0.4) is 0 Å². The first kappa shape index (κ1) is 34.0. The Balaban J connectivity index is 1.12. The van der Waals surface area contributed by atoms with Gasteiger partial charge in [-0.05, 0) is 82.2 Å². The second-order valence-electron chi connectivity index (χ2n) is 14.6. The molecule has 254 valence electrons. The predicted octanol–water partition coefficient (Wildman–Crippen LogP) is 4.53. The van der Waals surface area contributed by atoms with E-state index in [1.807, 2.05) is 25.0 Å². The van der Waals surface area contributed by atoms with Crippen LogP contribution < -0.4 is 5.32 Å². The summed E-state index contributed by atoms with van der Waals surface area (Å²) >= 11 is 1.68. The molecular formula is C37H52N6O3S. The summed E-state index contributed by atoms with van der Waals surface area (Å²) in [6.07, 6.45) is 6.95. The number of hydrogen-bond acceptors (Lipinski definition) is 7. The predicted molar refractivity (Wildman–Crippen MR) is 192 cm³/mol. The maximum absolute atomic E-state index is 13.3. The van der Waals surface area contributed by atoms with Gasteiger partial charge in [0.25, 0.3) is 5.91 Å². The Morgan fingerprint density at radius 2 is 1.74 bits per heavy atom. The first-order valence-corrected chi connectivity index (χ1v) is 18.3. The minimum Gasteiger partial charge on any atom is -0.390 e. The van der Waals surface area contributed by atoms with E-state index in [0.29, 0.717) is 26.2 Å². The highest BCUT2D eigenvalue weighted by atomic mass is 32.1. The number of amides is 2. The highest BCUT2D eigenvalue weighted by Gasteiger charge is 2.33. The number of aliphatic imine (C=N–C) groups is 1. The molecule has 9 nitrogen and oxygen atoms in total. The lowest BCUT2D eigenvalue weighted by atomic mass is 9.90. The van der Waals surface area contributed by atoms with E-state index >= 15 is 0 Å². The number of H-pyrrole nitrogens is 1. The highest BCUT2D eigenvalue weighted by Crippen LogP contribution is 2.41. The number of benzene rings is 1. The molecule has 2 aliphatic heterocycles. The minimum absolute atomic E-state index is 0.0388. The van der Waals surface area contributed by atoms with Crippen LogP contribution in [0.1, 0.15) is 61.1 Å². The Hall–Kier alpha value is -2.89. The third kappa shape index (κ3) is 8.59. The fraction of sp³-hybridized carbons (Fsp3) is 0.595. The van der Waals surface area contributed by atoms with Crippen molar-refractivity contribution in [1.82, 2.24) is 25.0 Å². The number of rotatable bonds is 13. The number of aliphatic hydroxyl groups is 1. The van der Waals surface area contributed by atoms with Crippen molar-refractivity contribution in [3.63, 3.8) is 0 Å². The molecule has 1 saturated carbocycles. The molecule has 4 heterocycles. The number of aromatic amines is 1. The van der Waals surface area contributed by atoms with Crippen molar-refractivity contribution in [2.75, 3.05) is 65.4 Å². The van der Waals surface area contributed by atoms with Crippen molar-refractivity contribution in [3.8, 4) is 11.3 Å². The van der Waals surface area contributed by atoms with Crippen molar-refractivity contribution < 1.29 is 14.7 Å². The second-order valence-corrected chi connectivity index (χ2v) is 15.7. The number of nitrogens with zero attached hydrogens (tertiary/aromatic N) is 4. The number of piperazine rings is 2. The van der Waals surface area contributed by atoms with E-state index in [0.717, 1.165) is 74.2 Å². The zero-order chi connectivity index (χ0) is 33.1. The van der Waals surface area contributed by atoms with Crippen molar-refractivity contribution in [1.29, 1.82) is 0 Å². The quantitative estimate of drug-likeness (QED) is 0.233. The van der Waals surface area contributed by atoms with Gasteiger partial charge in [-0.3, -0.25) is 19.4 Å². The molecule has 3 fully saturated rings. The SMILES string of the molecule is Cc1cc(C)cc(-c2[nH]c3sc(C(C)(C)C(=O)N=CCCC4CC4)cc3c2CCN2CCN(CC(O)CN3CCNC(=O)C3)CC2)c1. The number of carbonyl (C=O) groups is 2. The standard InChI is InChI=1S/C37H52N6O3S/c1-25-18-26(2)20-28(19-25)34-30(9-12-41-14-16-42(17-15-41)22-29(44)23-43-13-11-38-33(45)24-43)31-21-32(47-35(31)40-34)37(3,4)36(46)39-10-5-6-27-7-8-27/h10,18-21,27,29,40,44H,5-9,11-17,22-24H2,1-4H3,(H,38,45). The minimum atomic E-state index is -0.681. The van der Waals surface area contributed by atoms with Gasteiger partial charge in [-0.2, -0.15) is 0 Å². The molecule has 1 aliphatic carbocycles. The molecule has 10 heteroatoms. The molecule has 0 spiro atoms.